The molecule has 0 saturated carbocycles. The number of aryl methyl sites for hydroxylation is 1. The molecule has 1 aliphatic rings. The molecule has 1 aromatic heterocycles. The average Bonchev–Trinajstić information content (AvgIpc) is 3.11. The molecule has 0 spiro atoms. The number of anilines is 2. The molecule has 1 aromatic carbocycles. The van der Waals surface area contributed by atoms with Gasteiger partial charge in [0.2, 0.25) is 11.8 Å². The van der Waals surface area contributed by atoms with Gasteiger partial charge in [0, 0.05) is 42.3 Å². The SMILES string of the molecule is Cc1cc(NC(=O)C(C)(C)C)sc1C(=O)NCC(=O)N1CCN(c2cccc(Cl)c2)CC1. The fourth-order valence-electron chi connectivity index (χ4n) is 3.30. The molecule has 2 N–H and O–H groups in total. The predicted octanol–water partition coefficient (Wildman–Crippen LogP) is 3.77. The van der Waals surface area contributed by atoms with Crippen LogP contribution < -0.4 is 15.5 Å². The first-order chi connectivity index (χ1) is 15.0. The molecule has 0 bridgehead atoms. The number of carbonyl (C=O) groups excluding carboxylic acids is 3. The van der Waals surface area contributed by atoms with Crippen LogP contribution in [0.5, 0.6) is 0 Å². The fraction of sp³-hybridized carbons (Fsp3) is 0.435. The summed E-state index contributed by atoms with van der Waals surface area (Å²) in [5.74, 6) is -0.535. The zero-order valence-corrected chi connectivity index (χ0v) is 20.4. The van der Waals surface area contributed by atoms with Crippen molar-refractivity contribution in [3.8, 4) is 0 Å². The minimum Gasteiger partial charge on any atom is -0.368 e. The van der Waals surface area contributed by atoms with Gasteiger partial charge in [0.05, 0.1) is 16.4 Å². The monoisotopic (exact) mass is 476 g/mol. The van der Waals surface area contributed by atoms with Crippen molar-refractivity contribution in [3.05, 3.63) is 45.8 Å². The molecule has 0 unspecified atom stereocenters. The first kappa shape index (κ1) is 24.1. The molecule has 7 nitrogen and oxygen atoms in total. The van der Waals surface area contributed by atoms with Crippen LogP contribution >= 0.6 is 22.9 Å². The second kappa shape index (κ2) is 9.92. The molecule has 1 aliphatic heterocycles. The lowest BCUT2D eigenvalue weighted by Crippen LogP contribution is -2.51. The number of nitrogens with one attached hydrogen (secondary N) is 2. The number of nitrogens with zero attached hydrogens (tertiary/aromatic N) is 2. The van der Waals surface area contributed by atoms with Gasteiger partial charge in [-0.05, 0) is 36.8 Å². The lowest BCUT2D eigenvalue weighted by atomic mass is 9.96. The van der Waals surface area contributed by atoms with Gasteiger partial charge < -0.3 is 20.4 Å². The maximum absolute atomic E-state index is 12.6. The highest BCUT2D eigenvalue weighted by Gasteiger charge is 2.24. The third-order valence-corrected chi connectivity index (χ3v) is 6.63. The molecule has 1 saturated heterocycles. The van der Waals surface area contributed by atoms with Crippen LogP contribution in [0.2, 0.25) is 5.02 Å². The van der Waals surface area contributed by atoms with Crippen LogP contribution in [0.3, 0.4) is 0 Å². The second-order valence-electron chi connectivity index (χ2n) is 8.86. The van der Waals surface area contributed by atoms with Crippen molar-refractivity contribution in [2.24, 2.45) is 5.41 Å². The van der Waals surface area contributed by atoms with Crippen molar-refractivity contribution in [3.63, 3.8) is 0 Å². The number of piperazine rings is 1. The Bertz CT molecular complexity index is 1010. The zero-order chi connectivity index (χ0) is 23.5. The Labute approximate surface area is 197 Å². The highest BCUT2D eigenvalue weighted by atomic mass is 35.5. The van der Waals surface area contributed by atoms with Gasteiger partial charge >= 0.3 is 0 Å². The summed E-state index contributed by atoms with van der Waals surface area (Å²) < 4.78 is 0. The average molecular weight is 477 g/mol. The molecule has 9 heteroatoms. The van der Waals surface area contributed by atoms with Crippen LogP contribution in [0.1, 0.15) is 36.0 Å². The molecular weight excluding hydrogens is 448 g/mol. The van der Waals surface area contributed by atoms with Gasteiger partial charge in [-0.15, -0.1) is 11.3 Å². The summed E-state index contributed by atoms with van der Waals surface area (Å²) >= 11 is 7.28. The number of rotatable bonds is 5. The van der Waals surface area contributed by atoms with Gasteiger partial charge in [-0.2, -0.15) is 0 Å². The Hall–Kier alpha value is -2.58. The summed E-state index contributed by atoms with van der Waals surface area (Å²) in [5.41, 5.74) is 1.28. The molecule has 0 atom stereocenters. The van der Waals surface area contributed by atoms with Crippen molar-refractivity contribution in [1.82, 2.24) is 10.2 Å². The van der Waals surface area contributed by atoms with E-state index in [9.17, 15) is 14.4 Å². The maximum atomic E-state index is 12.6. The zero-order valence-electron chi connectivity index (χ0n) is 18.8. The lowest BCUT2D eigenvalue weighted by molar-refractivity contribution is -0.130. The largest absolute Gasteiger partial charge is 0.368 e. The number of amides is 3. The Kier molecular flexibility index (Phi) is 7.46. The molecule has 0 aliphatic carbocycles. The van der Waals surface area contributed by atoms with Crippen molar-refractivity contribution in [2.45, 2.75) is 27.7 Å². The molecule has 1 fully saturated rings. The Balaban J connectivity index is 1.50. The van der Waals surface area contributed by atoms with Crippen molar-refractivity contribution in [2.75, 3.05) is 42.9 Å². The van der Waals surface area contributed by atoms with Gasteiger partial charge in [0.15, 0.2) is 0 Å². The summed E-state index contributed by atoms with van der Waals surface area (Å²) in [6.45, 7) is 9.84. The molecule has 0 radical (unpaired) electrons. The Morgan fingerprint density at radius 2 is 1.78 bits per heavy atom. The van der Waals surface area contributed by atoms with E-state index in [1.165, 1.54) is 11.3 Å². The first-order valence-electron chi connectivity index (χ1n) is 10.5. The van der Waals surface area contributed by atoms with E-state index in [-0.39, 0.29) is 24.3 Å². The van der Waals surface area contributed by atoms with Crippen molar-refractivity contribution >= 4 is 51.3 Å². The summed E-state index contributed by atoms with van der Waals surface area (Å²) in [4.78, 5) is 41.8. The van der Waals surface area contributed by atoms with Gasteiger partial charge in [0.25, 0.3) is 5.91 Å². The molecule has 3 amide bonds. The van der Waals surface area contributed by atoms with Crippen LogP contribution in [0.4, 0.5) is 10.7 Å². The normalized spacial score (nSPS) is 14.3. The third kappa shape index (κ3) is 6.01. The number of thiophene rings is 1. The van der Waals surface area contributed by atoms with E-state index in [4.69, 9.17) is 11.6 Å². The van der Waals surface area contributed by atoms with Gasteiger partial charge in [-0.1, -0.05) is 38.4 Å². The van der Waals surface area contributed by atoms with Crippen molar-refractivity contribution < 1.29 is 14.4 Å². The lowest BCUT2D eigenvalue weighted by Gasteiger charge is -2.36. The summed E-state index contributed by atoms with van der Waals surface area (Å²) in [5, 5.41) is 6.88. The van der Waals surface area contributed by atoms with E-state index in [1.807, 2.05) is 52.0 Å². The first-order valence-corrected chi connectivity index (χ1v) is 11.7. The summed E-state index contributed by atoms with van der Waals surface area (Å²) in [6.07, 6.45) is 0. The van der Waals surface area contributed by atoms with Gasteiger partial charge in [0.1, 0.15) is 0 Å². The number of hydrogen-bond donors (Lipinski definition) is 2. The predicted molar refractivity (Wildman–Crippen MR) is 130 cm³/mol. The molecule has 2 aromatic rings. The van der Waals surface area contributed by atoms with Crippen LogP contribution in [-0.4, -0.2) is 55.3 Å². The topological polar surface area (TPSA) is 81.8 Å². The highest BCUT2D eigenvalue weighted by molar-refractivity contribution is 7.18. The van der Waals surface area contributed by atoms with Gasteiger partial charge in [-0.25, -0.2) is 0 Å². The van der Waals surface area contributed by atoms with Gasteiger partial charge in [-0.3, -0.25) is 14.4 Å². The molecular formula is C23H29ClN4O3S. The van der Waals surface area contributed by atoms with Crippen LogP contribution in [-0.2, 0) is 9.59 Å². The third-order valence-electron chi connectivity index (χ3n) is 5.25. The van der Waals surface area contributed by atoms with E-state index < -0.39 is 5.41 Å². The maximum Gasteiger partial charge on any atom is 0.262 e. The molecule has 3 rings (SSSR count). The smallest absolute Gasteiger partial charge is 0.262 e. The molecule has 32 heavy (non-hydrogen) atoms. The fourth-order valence-corrected chi connectivity index (χ4v) is 4.47. The van der Waals surface area contributed by atoms with E-state index in [0.29, 0.717) is 41.1 Å². The molecule has 172 valence electrons. The number of hydrogen-bond acceptors (Lipinski definition) is 5. The standard InChI is InChI=1S/C23H29ClN4O3S/c1-15-12-18(26-22(31)23(2,3)4)32-20(15)21(30)25-14-19(29)28-10-8-27(9-11-28)17-7-5-6-16(24)13-17/h5-7,12-13H,8-11,14H2,1-4H3,(H,25,30)(H,26,31). The number of carbonyl (C=O) groups is 3. The summed E-state index contributed by atoms with van der Waals surface area (Å²) in [7, 11) is 0. The van der Waals surface area contributed by atoms with E-state index in [0.717, 1.165) is 11.3 Å². The highest BCUT2D eigenvalue weighted by Crippen LogP contribution is 2.28. The van der Waals surface area contributed by atoms with Crippen LogP contribution in [0, 0.1) is 12.3 Å². The quantitative estimate of drug-likeness (QED) is 0.688. The van der Waals surface area contributed by atoms with E-state index >= 15 is 0 Å². The van der Waals surface area contributed by atoms with Crippen molar-refractivity contribution in [1.29, 1.82) is 0 Å². The number of benzene rings is 1. The van der Waals surface area contributed by atoms with E-state index in [1.54, 1.807) is 11.0 Å². The minimum atomic E-state index is -0.524. The molecule has 2 heterocycles. The Morgan fingerprint density at radius 1 is 1.09 bits per heavy atom. The van der Waals surface area contributed by atoms with Crippen LogP contribution in [0.25, 0.3) is 0 Å². The Morgan fingerprint density at radius 3 is 2.41 bits per heavy atom. The van der Waals surface area contributed by atoms with Crippen LogP contribution in [0.15, 0.2) is 30.3 Å². The van der Waals surface area contributed by atoms with E-state index in [2.05, 4.69) is 15.5 Å². The second-order valence-corrected chi connectivity index (χ2v) is 10.3. The minimum absolute atomic E-state index is 0.0585. The number of halogens is 1. The summed E-state index contributed by atoms with van der Waals surface area (Å²) in [6, 6.07) is 9.45.